The van der Waals surface area contributed by atoms with Gasteiger partial charge in [0.15, 0.2) is 4.77 Å². The maximum atomic E-state index is 12.7. The van der Waals surface area contributed by atoms with Gasteiger partial charge in [0.1, 0.15) is 4.83 Å². The van der Waals surface area contributed by atoms with Gasteiger partial charge in [-0.05, 0) is 43.0 Å². The van der Waals surface area contributed by atoms with Gasteiger partial charge in [0.2, 0.25) is 0 Å². The van der Waals surface area contributed by atoms with Crippen LogP contribution >= 0.6 is 23.6 Å². The fourth-order valence-corrected chi connectivity index (χ4v) is 4.41. The Balaban J connectivity index is 1.92. The van der Waals surface area contributed by atoms with Gasteiger partial charge in [0, 0.05) is 11.5 Å². The van der Waals surface area contributed by atoms with Gasteiger partial charge in [-0.2, -0.15) is 0 Å². The fourth-order valence-electron chi connectivity index (χ4n) is 2.79. The molecule has 0 radical (unpaired) electrons. The number of ether oxygens (including phenoxy) is 1. The molecule has 2 aromatic rings. The molecule has 0 spiro atoms. The molecule has 4 nitrogen and oxygen atoms in total. The molecule has 0 atom stereocenters. The summed E-state index contributed by atoms with van der Waals surface area (Å²) >= 11 is 7.02. The van der Waals surface area contributed by atoms with Crippen molar-refractivity contribution in [3.8, 4) is 0 Å². The van der Waals surface area contributed by atoms with E-state index in [9.17, 15) is 4.79 Å². The maximum absolute atomic E-state index is 12.7. The van der Waals surface area contributed by atoms with Crippen molar-refractivity contribution < 1.29 is 4.74 Å². The second-order valence-corrected chi connectivity index (χ2v) is 7.41. The number of fused-ring (bicyclic) bond motifs is 3. The van der Waals surface area contributed by atoms with Crippen LogP contribution in [0.25, 0.3) is 10.2 Å². The van der Waals surface area contributed by atoms with Gasteiger partial charge in [-0.3, -0.25) is 9.36 Å². The fraction of sp³-hybridized carbons (Fsp3) is 0.600. The molecule has 3 rings (SSSR count). The van der Waals surface area contributed by atoms with E-state index in [1.54, 1.807) is 15.9 Å². The van der Waals surface area contributed by atoms with E-state index < -0.39 is 0 Å². The van der Waals surface area contributed by atoms with Gasteiger partial charge in [-0.25, -0.2) is 0 Å². The third kappa shape index (κ3) is 2.84. The van der Waals surface area contributed by atoms with Crippen molar-refractivity contribution in [3.63, 3.8) is 0 Å². The first kappa shape index (κ1) is 14.9. The monoisotopic (exact) mass is 324 g/mol. The molecule has 0 amide bonds. The summed E-state index contributed by atoms with van der Waals surface area (Å²) in [5, 5.41) is 0.852. The first-order chi connectivity index (χ1) is 10.1. The van der Waals surface area contributed by atoms with Crippen molar-refractivity contribution in [1.29, 1.82) is 0 Å². The van der Waals surface area contributed by atoms with Gasteiger partial charge in [-0.15, -0.1) is 11.3 Å². The van der Waals surface area contributed by atoms with Gasteiger partial charge >= 0.3 is 0 Å². The number of hydrogen-bond donors (Lipinski definition) is 1. The number of rotatable bonds is 5. The topological polar surface area (TPSA) is 47.0 Å². The molecule has 1 aliphatic carbocycles. The Kier molecular flexibility index (Phi) is 4.28. The number of H-pyrrole nitrogens is 1. The Bertz CT molecular complexity index is 770. The molecule has 1 aliphatic rings. The molecule has 1 N–H and O–H groups in total. The summed E-state index contributed by atoms with van der Waals surface area (Å²) in [7, 11) is 0. The second-order valence-electron chi connectivity index (χ2n) is 5.92. The van der Waals surface area contributed by atoms with Crippen LogP contribution in [0.5, 0.6) is 0 Å². The minimum atomic E-state index is 0.0429. The minimum Gasteiger partial charge on any atom is -0.379 e. The van der Waals surface area contributed by atoms with Crippen LogP contribution in [0.1, 0.15) is 30.7 Å². The number of aromatic amines is 1. The third-order valence-corrected chi connectivity index (χ3v) is 5.29. The standard InChI is InChI=1S/C15H20N2O2S2/c1-9(2)8-19-7-6-17-14(18)12-10-4-3-5-11(10)21-13(12)16-15(17)20/h9H,3-8H2,1-2H3,(H,16,20). The SMILES string of the molecule is CC(C)COCCn1c(=S)[nH]c2sc3c(c2c1=O)CCC3. The van der Waals surface area contributed by atoms with E-state index in [-0.39, 0.29) is 5.56 Å². The zero-order chi connectivity index (χ0) is 15.0. The van der Waals surface area contributed by atoms with E-state index in [0.717, 1.165) is 29.5 Å². The number of aryl methyl sites for hydroxylation is 2. The molecule has 6 heteroatoms. The van der Waals surface area contributed by atoms with E-state index in [1.807, 2.05) is 0 Å². The summed E-state index contributed by atoms with van der Waals surface area (Å²) in [6, 6.07) is 0. The lowest BCUT2D eigenvalue weighted by molar-refractivity contribution is 0.102. The van der Waals surface area contributed by atoms with Crippen LogP contribution in [0.15, 0.2) is 4.79 Å². The Hall–Kier alpha value is -0.980. The Morgan fingerprint density at radius 3 is 3.00 bits per heavy atom. The molecule has 0 bridgehead atoms. The van der Waals surface area contributed by atoms with Crippen molar-refractivity contribution in [2.75, 3.05) is 13.2 Å². The van der Waals surface area contributed by atoms with E-state index in [0.29, 0.717) is 30.4 Å². The van der Waals surface area contributed by atoms with Crippen LogP contribution in [0.3, 0.4) is 0 Å². The van der Waals surface area contributed by atoms with Crippen LogP contribution in [-0.2, 0) is 24.1 Å². The lowest BCUT2D eigenvalue weighted by Crippen LogP contribution is -2.24. The van der Waals surface area contributed by atoms with Crippen LogP contribution in [0.2, 0.25) is 0 Å². The van der Waals surface area contributed by atoms with Crippen LogP contribution in [0.4, 0.5) is 0 Å². The van der Waals surface area contributed by atoms with Gasteiger partial charge in [0.25, 0.3) is 5.56 Å². The summed E-state index contributed by atoms with van der Waals surface area (Å²) in [5.41, 5.74) is 1.28. The van der Waals surface area contributed by atoms with Crippen LogP contribution < -0.4 is 5.56 Å². The molecule has 0 unspecified atom stereocenters. The molecule has 0 aromatic carbocycles. The summed E-state index contributed by atoms with van der Waals surface area (Å²) in [6.45, 7) is 5.97. The van der Waals surface area contributed by atoms with Gasteiger partial charge in [-0.1, -0.05) is 13.8 Å². The number of thiophene rings is 1. The molecular formula is C15H20N2O2S2. The zero-order valence-corrected chi connectivity index (χ0v) is 14.0. The molecule has 0 saturated carbocycles. The third-order valence-electron chi connectivity index (χ3n) is 3.76. The number of nitrogens with one attached hydrogen (secondary N) is 1. The highest BCUT2D eigenvalue weighted by Crippen LogP contribution is 2.34. The molecule has 0 aliphatic heterocycles. The summed E-state index contributed by atoms with van der Waals surface area (Å²) < 4.78 is 7.72. The van der Waals surface area contributed by atoms with Crippen molar-refractivity contribution >= 4 is 33.8 Å². The molecule has 0 saturated heterocycles. The molecular weight excluding hydrogens is 304 g/mol. The molecule has 2 aromatic heterocycles. The summed E-state index contributed by atoms with van der Waals surface area (Å²) in [5.74, 6) is 0.499. The van der Waals surface area contributed by atoms with Crippen molar-refractivity contribution in [2.24, 2.45) is 5.92 Å². The Labute approximate surface area is 132 Å². The molecule has 114 valence electrons. The predicted octanol–water partition coefficient (Wildman–Crippen LogP) is 3.28. The van der Waals surface area contributed by atoms with Crippen molar-refractivity contribution in [1.82, 2.24) is 9.55 Å². The zero-order valence-electron chi connectivity index (χ0n) is 12.4. The summed E-state index contributed by atoms with van der Waals surface area (Å²) in [4.78, 5) is 18.2. The van der Waals surface area contributed by atoms with Crippen molar-refractivity contribution in [2.45, 2.75) is 39.7 Å². The van der Waals surface area contributed by atoms with Gasteiger partial charge in [0.05, 0.1) is 18.5 Å². The number of aromatic nitrogens is 2. The average molecular weight is 324 g/mol. The normalized spacial score (nSPS) is 14.2. The number of nitrogens with zero attached hydrogens (tertiary/aromatic N) is 1. The highest BCUT2D eigenvalue weighted by atomic mass is 32.1. The highest BCUT2D eigenvalue weighted by molar-refractivity contribution is 7.71. The lowest BCUT2D eigenvalue weighted by Gasteiger charge is -2.09. The maximum Gasteiger partial charge on any atom is 0.263 e. The smallest absolute Gasteiger partial charge is 0.263 e. The Morgan fingerprint density at radius 2 is 2.24 bits per heavy atom. The number of hydrogen-bond acceptors (Lipinski definition) is 4. The lowest BCUT2D eigenvalue weighted by atomic mass is 10.2. The van der Waals surface area contributed by atoms with Crippen molar-refractivity contribution in [3.05, 3.63) is 25.6 Å². The molecule has 2 heterocycles. The van der Waals surface area contributed by atoms with Crippen LogP contribution in [0, 0.1) is 10.7 Å². The average Bonchev–Trinajstić information content (AvgIpc) is 2.96. The molecule has 21 heavy (non-hydrogen) atoms. The first-order valence-electron chi connectivity index (χ1n) is 7.43. The summed E-state index contributed by atoms with van der Waals surface area (Å²) in [6.07, 6.45) is 3.26. The second kappa shape index (κ2) is 6.02. The van der Waals surface area contributed by atoms with Crippen LogP contribution in [-0.4, -0.2) is 22.8 Å². The predicted molar refractivity (Wildman–Crippen MR) is 89.0 cm³/mol. The van der Waals surface area contributed by atoms with E-state index >= 15 is 0 Å². The minimum absolute atomic E-state index is 0.0429. The highest BCUT2D eigenvalue weighted by Gasteiger charge is 2.21. The van der Waals surface area contributed by atoms with E-state index in [1.165, 1.54) is 10.4 Å². The largest absolute Gasteiger partial charge is 0.379 e. The Morgan fingerprint density at radius 1 is 1.43 bits per heavy atom. The van der Waals surface area contributed by atoms with E-state index in [4.69, 9.17) is 17.0 Å². The van der Waals surface area contributed by atoms with E-state index in [2.05, 4.69) is 18.8 Å². The van der Waals surface area contributed by atoms with Gasteiger partial charge < -0.3 is 9.72 Å². The molecule has 0 fully saturated rings. The first-order valence-corrected chi connectivity index (χ1v) is 8.65. The quantitative estimate of drug-likeness (QED) is 0.678.